The van der Waals surface area contributed by atoms with Gasteiger partial charge < -0.3 is 9.53 Å². The molecule has 1 N–H and O–H groups in total. The zero-order chi connectivity index (χ0) is 17.3. The molecule has 1 aromatic rings. The second-order valence-electron chi connectivity index (χ2n) is 6.95. The lowest BCUT2D eigenvalue weighted by atomic mass is 10.1. The molecule has 0 saturated heterocycles. The van der Waals surface area contributed by atoms with Gasteiger partial charge in [0.2, 0.25) is 0 Å². The summed E-state index contributed by atoms with van der Waals surface area (Å²) in [6, 6.07) is 4.14. The fourth-order valence-corrected chi connectivity index (χ4v) is 3.18. The van der Waals surface area contributed by atoms with Crippen molar-refractivity contribution in [1.29, 1.82) is 0 Å². The van der Waals surface area contributed by atoms with Crippen molar-refractivity contribution in [1.82, 2.24) is 0 Å². The molecule has 0 saturated carbocycles. The average Bonchev–Trinajstić information content (AvgIpc) is 2.33. The molecule has 0 heterocycles. The Labute approximate surface area is 133 Å². The molecule has 0 aliphatic rings. The van der Waals surface area contributed by atoms with Crippen molar-refractivity contribution in [3.8, 4) is 0 Å². The van der Waals surface area contributed by atoms with Crippen molar-refractivity contribution in [2.45, 2.75) is 50.4 Å². The van der Waals surface area contributed by atoms with Crippen molar-refractivity contribution >= 4 is 24.1 Å². The SMILES string of the molecule is CC(C)(C)[Si](C)(C)OCc1ccc(S(C)(=O)=O)cc1C(=O)O. The fraction of sp³-hybridized carbons (Fsp3) is 0.533. The minimum absolute atomic E-state index is 0.000904. The van der Waals surface area contributed by atoms with Crippen LogP contribution in [0.25, 0.3) is 0 Å². The van der Waals surface area contributed by atoms with Gasteiger partial charge >= 0.3 is 5.97 Å². The van der Waals surface area contributed by atoms with E-state index in [0.29, 0.717) is 5.56 Å². The predicted octanol–water partition coefficient (Wildman–Crippen LogP) is 3.31. The molecule has 5 nitrogen and oxygen atoms in total. The topological polar surface area (TPSA) is 80.7 Å². The lowest BCUT2D eigenvalue weighted by Crippen LogP contribution is -2.40. The Bertz CT molecular complexity index is 672. The van der Waals surface area contributed by atoms with E-state index in [9.17, 15) is 18.3 Å². The number of carboxylic acid groups (broad SMARTS) is 1. The number of hydrogen-bond acceptors (Lipinski definition) is 4. The van der Waals surface area contributed by atoms with E-state index in [-0.39, 0.29) is 22.1 Å². The van der Waals surface area contributed by atoms with E-state index in [0.717, 1.165) is 6.26 Å². The van der Waals surface area contributed by atoms with Crippen LogP contribution in [0.1, 0.15) is 36.7 Å². The van der Waals surface area contributed by atoms with Crippen LogP contribution in [0.3, 0.4) is 0 Å². The maximum absolute atomic E-state index is 11.6. The zero-order valence-corrected chi connectivity index (χ0v) is 15.7. The first-order valence-electron chi connectivity index (χ1n) is 6.96. The molecule has 0 radical (unpaired) electrons. The van der Waals surface area contributed by atoms with Crippen molar-refractivity contribution in [2.24, 2.45) is 0 Å². The molecule has 0 aliphatic heterocycles. The highest BCUT2D eigenvalue weighted by Gasteiger charge is 2.37. The molecule has 1 rings (SSSR count). The Morgan fingerprint density at radius 3 is 2.23 bits per heavy atom. The van der Waals surface area contributed by atoms with Gasteiger partial charge in [-0.1, -0.05) is 26.8 Å². The Kier molecular flexibility index (Phi) is 5.26. The molecule has 0 atom stereocenters. The molecule has 0 aliphatic carbocycles. The Hall–Kier alpha value is -1.18. The summed E-state index contributed by atoms with van der Waals surface area (Å²) in [6.45, 7) is 10.6. The molecule has 124 valence electrons. The number of rotatable bonds is 5. The van der Waals surface area contributed by atoms with Gasteiger partial charge in [-0.2, -0.15) is 0 Å². The molecule has 0 spiro atoms. The highest BCUT2D eigenvalue weighted by Crippen LogP contribution is 2.37. The summed E-state index contributed by atoms with van der Waals surface area (Å²) in [6.07, 6.45) is 1.06. The van der Waals surface area contributed by atoms with E-state index < -0.39 is 24.1 Å². The van der Waals surface area contributed by atoms with Gasteiger partial charge in [-0.25, -0.2) is 13.2 Å². The molecule has 0 fully saturated rings. The molecular formula is C15H24O5SSi. The third kappa shape index (κ3) is 4.41. The van der Waals surface area contributed by atoms with Gasteiger partial charge in [0.1, 0.15) is 0 Å². The van der Waals surface area contributed by atoms with Crippen LogP contribution in [0.5, 0.6) is 0 Å². The summed E-state index contributed by atoms with van der Waals surface area (Å²) in [5.74, 6) is -1.15. The minimum atomic E-state index is -3.44. The predicted molar refractivity (Wildman–Crippen MR) is 88.5 cm³/mol. The lowest BCUT2D eigenvalue weighted by Gasteiger charge is -2.36. The van der Waals surface area contributed by atoms with Crippen LogP contribution in [0.2, 0.25) is 18.1 Å². The van der Waals surface area contributed by atoms with Gasteiger partial charge in [-0.3, -0.25) is 0 Å². The number of hydrogen-bond donors (Lipinski definition) is 1. The summed E-state index contributed by atoms with van der Waals surface area (Å²) < 4.78 is 29.1. The van der Waals surface area contributed by atoms with Gasteiger partial charge in [0, 0.05) is 6.26 Å². The van der Waals surface area contributed by atoms with E-state index in [2.05, 4.69) is 33.9 Å². The van der Waals surface area contributed by atoms with Crippen LogP contribution >= 0.6 is 0 Å². The van der Waals surface area contributed by atoms with Crippen LogP contribution in [0, 0.1) is 0 Å². The molecule has 0 bridgehead atoms. The monoisotopic (exact) mass is 344 g/mol. The fourth-order valence-electron chi connectivity index (χ4n) is 1.59. The summed E-state index contributed by atoms with van der Waals surface area (Å²) in [7, 11) is -5.44. The Morgan fingerprint density at radius 1 is 1.27 bits per heavy atom. The lowest BCUT2D eigenvalue weighted by molar-refractivity contribution is 0.0693. The number of sulfone groups is 1. The number of carboxylic acids is 1. The molecule has 22 heavy (non-hydrogen) atoms. The zero-order valence-electron chi connectivity index (χ0n) is 13.9. The first-order valence-corrected chi connectivity index (χ1v) is 11.8. The highest BCUT2D eigenvalue weighted by atomic mass is 32.2. The molecule has 0 amide bonds. The maximum atomic E-state index is 11.6. The molecule has 1 aromatic carbocycles. The Morgan fingerprint density at radius 2 is 1.82 bits per heavy atom. The van der Waals surface area contributed by atoms with Crippen LogP contribution < -0.4 is 0 Å². The van der Waals surface area contributed by atoms with Crippen molar-refractivity contribution < 1.29 is 22.7 Å². The first kappa shape index (κ1) is 18.9. The van der Waals surface area contributed by atoms with Gasteiger partial charge in [-0.15, -0.1) is 0 Å². The smallest absolute Gasteiger partial charge is 0.336 e. The number of benzene rings is 1. The van der Waals surface area contributed by atoms with Crippen molar-refractivity contribution in [2.75, 3.05) is 6.26 Å². The van der Waals surface area contributed by atoms with E-state index in [1.807, 2.05) is 0 Å². The minimum Gasteiger partial charge on any atom is -0.478 e. The Balaban J connectivity index is 3.14. The van der Waals surface area contributed by atoms with Crippen LogP contribution in [0.15, 0.2) is 23.1 Å². The van der Waals surface area contributed by atoms with E-state index in [1.54, 1.807) is 0 Å². The van der Waals surface area contributed by atoms with Gasteiger partial charge in [0.25, 0.3) is 0 Å². The molecule has 0 unspecified atom stereocenters. The largest absolute Gasteiger partial charge is 0.478 e. The van der Waals surface area contributed by atoms with Crippen LogP contribution in [0.4, 0.5) is 0 Å². The summed E-state index contributed by atoms with van der Waals surface area (Å²) in [4.78, 5) is 11.4. The normalized spacial score (nSPS) is 13.2. The van der Waals surface area contributed by atoms with Crippen LogP contribution in [-0.4, -0.2) is 34.1 Å². The van der Waals surface area contributed by atoms with Crippen molar-refractivity contribution in [3.63, 3.8) is 0 Å². The van der Waals surface area contributed by atoms with E-state index in [1.165, 1.54) is 18.2 Å². The first-order chi connectivity index (χ1) is 9.75. The number of carbonyl (C=O) groups is 1. The summed E-state index contributed by atoms with van der Waals surface area (Å²) in [5, 5.41) is 9.32. The maximum Gasteiger partial charge on any atom is 0.336 e. The van der Waals surface area contributed by atoms with E-state index in [4.69, 9.17) is 4.43 Å². The van der Waals surface area contributed by atoms with Gasteiger partial charge in [0.15, 0.2) is 18.2 Å². The quantitative estimate of drug-likeness (QED) is 0.829. The highest BCUT2D eigenvalue weighted by molar-refractivity contribution is 7.90. The molecule has 0 aromatic heterocycles. The second kappa shape index (κ2) is 6.14. The standard InChI is InChI=1S/C15H24O5SSi/c1-15(2,3)22(5,6)20-10-11-7-8-12(21(4,18)19)9-13(11)14(16)17/h7-9H,10H2,1-6H3,(H,16,17). The number of aromatic carboxylic acids is 1. The third-order valence-corrected chi connectivity index (χ3v) is 9.72. The average molecular weight is 345 g/mol. The van der Waals surface area contributed by atoms with E-state index >= 15 is 0 Å². The second-order valence-corrected chi connectivity index (χ2v) is 13.8. The third-order valence-electron chi connectivity index (χ3n) is 4.13. The summed E-state index contributed by atoms with van der Waals surface area (Å²) >= 11 is 0. The van der Waals surface area contributed by atoms with Crippen molar-refractivity contribution in [3.05, 3.63) is 29.3 Å². The van der Waals surface area contributed by atoms with Gasteiger partial charge in [0.05, 0.1) is 17.1 Å². The molecule has 7 heteroatoms. The van der Waals surface area contributed by atoms with Gasteiger partial charge in [-0.05, 0) is 35.8 Å². The van der Waals surface area contributed by atoms with Crippen LogP contribution in [-0.2, 0) is 20.9 Å². The molecular weight excluding hydrogens is 320 g/mol. The summed E-state index contributed by atoms with van der Waals surface area (Å²) in [5.41, 5.74) is 0.464.